The molecule has 0 bridgehead atoms. The standard InChI is InChI=1S/C38H34N2O6S3/c41-35-36(42)38(46-32-11-5-2-6-12-32)40(26-28-17-21-30(22-18-28)34-14-8-24-48-34)49(43,44)39(37(35)45-31-9-3-1-4-10-31)25-27-15-19-29(20-16-27)33-13-7-23-47-33/h1-24,35-38,41-42H,25-26H2/t35-,36-,37-,38-/m1/s1. The summed E-state index contributed by atoms with van der Waals surface area (Å²) < 4.78 is 44.7. The number of aliphatic hydroxyl groups is 2. The highest BCUT2D eigenvalue weighted by molar-refractivity contribution is 7.86. The van der Waals surface area contributed by atoms with Gasteiger partial charge in [0.05, 0.1) is 0 Å². The first-order chi connectivity index (χ1) is 23.9. The van der Waals surface area contributed by atoms with E-state index in [-0.39, 0.29) is 13.1 Å². The van der Waals surface area contributed by atoms with Crippen molar-refractivity contribution in [2.45, 2.75) is 37.8 Å². The van der Waals surface area contributed by atoms with Crippen LogP contribution in [0.4, 0.5) is 0 Å². The molecule has 4 aromatic carbocycles. The molecule has 0 amide bonds. The van der Waals surface area contributed by atoms with E-state index in [9.17, 15) is 10.2 Å². The smallest absolute Gasteiger partial charge is 0.288 e. The molecule has 250 valence electrons. The summed E-state index contributed by atoms with van der Waals surface area (Å²) in [5.41, 5.74) is 3.37. The van der Waals surface area contributed by atoms with Crippen LogP contribution in [0.15, 0.2) is 144 Å². The molecule has 11 heteroatoms. The van der Waals surface area contributed by atoms with Gasteiger partial charge in [-0.1, -0.05) is 97.1 Å². The molecular formula is C38H34N2O6S3. The van der Waals surface area contributed by atoms with E-state index in [0.717, 1.165) is 29.5 Å². The lowest BCUT2D eigenvalue weighted by Gasteiger charge is -2.34. The molecule has 0 radical (unpaired) electrons. The fraction of sp³-hybridized carbons (Fsp3) is 0.158. The normalized spacial score (nSPS) is 21.2. The maximum atomic E-state index is 15.0. The van der Waals surface area contributed by atoms with Crippen LogP contribution in [0.1, 0.15) is 11.1 Å². The topological polar surface area (TPSA) is 99.5 Å². The Bertz CT molecular complexity index is 1880. The quantitative estimate of drug-likeness (QED) is 0.156. The molecule has 8 nitrogen and oxygen atoms in total. The largest absolute Gasteiger partial charge is 0.471 e. The Balaban J connectivity index is 1.30. The van der Waals surface area contributed by atoms with Gasteiger partial charge in [0.2, 0.25) is 0 Å². The zero-order valence-corrected chi connectivity index (χ0v) is 28.7. The van der Waals surface area contributed by atoms with Gasteiger partial charge in [-0.2, -0.15) is 8.42 Å². The maximum Gasteiger partial charge on any atom is 0.288 e. The Morgan fingerprint density at radius 1 is 0.531 bits per heavy atom. The first kappa shape index (κ1) is 33.2. The fourth-order valence-corrected chi connectivity index (χ4v) is 8.97. The first-order valence-electron chi connectivity index (χ1n) is 15.7. The van der Waals surface area contributed by atoms with E-state index in [1.54, 1.807) is 71.2 Å². The van der Waals surface area contributed by atoms with Crippen LogP contribution in [-0.2, 0) is 23.3 Å². The van der Waals surface area contributed by atoms with Gasteiger partial charge in [-0.3, -0.25) is 0 Å². The second kappa shape index (κ2) is 14.7. The zero-order chi connectivity index (χ0) is 33.8. The molecule has 0 spiro atoms. The van der Waals surface area contributed by atoms with Crippen molar-refractivity contribution in [1.82, 2.24) is 8.61 Å². The Morgan fingerprint density at radius 2 is 0.918 bits per heavy atom. The number of ether oxygens (including phenoxy) is 2. The first-order valence-corrected chi connectivity index (χ1v) is 18.9. The Morgan fingerprint density at radius 3 is 1.27 bits per heavy atom. The van der Waals surface area contributed by atoms with Crippen LogP contribution in [0, 0.1) is 0 Å². The van der Waals surface area contributed by atoms with Gasteiger partial charge < -0.3 is 19.7 Å². The summed E-state index contributed by atoms with van der Waals surface area (Å²) in [6.45, 7) is -0.277. The van der Waals surface area contributed by atoms with E-state index in [4.69, 9.17) is 9.47 Å². The minimum atomic E-state index is -4.51. The molecule has 3 heterocycles. The van der Waals surface area contributed by atoms with Crippen LogP contribution < -0.4 is 9.47 Å². The van der Waals surface area contributed by atoms with Gasteiger partial charge in [0, 0.05) is 22.8 Å². The molecular weight excluding hydrogens is 677 g/mol. The molecule has 2 N–H and O–H groups in total. The molecule has 1 saturated heterocycles. The van der Waals surface area contributed by atoms with E-state index in [1.165, 1.54) is 0 Å². The summed E-state index contributed by atoms with van der Waals surface area (Å²) in [7, 11) is -4.51. The van der Waals surface area contributed by atoms with Gasteiger partial charge in [0.15, 0.2) is 12.5 Å². The van der Waals surface area contributed by atoms with Crippen molar-refractivity contribution in [2.24, 2.45) is 0 Å². The predicted molar refractivity (Wildman–Crippen MR) is 193 cm³/mol. The number of hydrogen-bond donors (Lipinski definition) is 2. The van der Waals surface area contributed by atoms with Crippen molar-refractivity contribution >= 4 is 32.9 Å². The third-order valence-electron chi connectivity index (χ3n) is 8.29. The minimum absolute atomic E-state index is 0.139. The monoisotopic (exact) mass is 710 g/mol. The molecule has 0 saturated carbocycles. The van der Waals surface area contributed by atoms with E-state index < -0.39 is 34.9 Å². The van der Waals surface area contributed by atoms with Crippen molar-refractivity contribution in [3.05, 3.63) is 155 Å². The summed E-state index contributed by atoms with van der Waals surface area (Å²) in [6, 6.07) is 40.6. The minimum Gasteiger partial charge on any atom is -0.471 e. The Kier molecular flexibility index (Phi) is 9.92. The van der Waals surface area contributed by atoms with E-state index in [1.807, 2.05) is 95.7 Å². The second-order valence-corrected chi connectivity index (χ2v) is 15.3. The SMILES string of the molecule is O=S1(=O)N(Cc2ccc(-c3cccs3)cc2)[C@H](Oc2ccccc2)[C@H](O)[C@@H](O)[C@@H](Oc2ccccc2)N1Cc1ccc(-c2cccs2)cc1. The number of aliphatic hydroxyl groups excluding tert-OH is 2. The van der Waals surface area contributed by atoms with Crippen molar-refractivity contribution in [1.29, 1.82) is 0 Å². The third kappa shape index (κ3) is 7.34. The molecule has 0 unspecified atom stereocenters. The van der Waals surface area contributed by atoms with E-state index >= 15 is 8.42 Å². The number of para-hydroxylation sites is 2. The zero-order valence-electron chi connectivity index (χ0n) is 26.2. The lowest BCUT2D eigenvalue weighted by Crippen LogP contribution is -2.52. The lowest BCUT2D eigenvalue weighted by atomic mass is 10.1. The van der Waals surface area contributed by atoms with Crippen LogP contribution in [-0.4, -0.2) is 51.9 Å². The second-order valence-electron chi connectivity index (χ2n) is 11.6. The highest BCUT2D eigenvalue weighted by atomic mass is 32.2. The summed E-state index contributed by atoms with van der Waals surface area (Å²) in [5.74, 6) is 0.676. The molecule has 1 aliphatic rings. The van der Waals surface area contributed by atoms with Crippen molar-refractivity contribution in [3.63, 3.8) is 0 Å². The molecule has 0 aliphatic carbocycles. The third-order valence-corrected chi connectivity index (χ3v) is 12.0. The summed E-state index contributed by atoms with van der Waals surface area (Å²) in [4.78, 5) is 2.19. The van der Waals surface area contributed by atoms with E-state index in [0.29, 0.717) is 22.6 Å². The summed E-state index contributed by atoms with van der Waals surface area (Å²) in [5, 5.41) is 27.6. The van der Waals surface area contributed by atoms with E-state index in [2.05, 4.69) is 0 Å². The molecule has 1 aliphatic heterocycles. The number of benzene rings is 4. The predicted octanol–water partition coefficient (Wildman–Crippen LogP) is 7.24. The van der Waals surface area contributed by atoms with Gasteiger partial charge in [-0.05, 0) is 69.4 Å². The summed E-state index contributed by atoms with van der Waals surface area (Å²) >= 11 is 3.23. The van der Waals surface area contributed by atoms with Gasteiger partial charge in [0.25, 0.3) is 10.2 Å². The Labute approximate surface area is 293 Å². The summed E-state index contributed by atoms with van der Waals surface area (Å²) in [6.07, 6.45) is -6.37. The number of hydrogen-bond acceptors (Lipinski definition) is 8. The van der Waals surface area contributed by atoms with Crippen molar-refractivity contribution in [3.8, 4) is 32.4 Å². The molecule has 4 atom stereocenters. The highest BCUT2D eigenvalue weighted by Crippen LogP contribution is 2.34. The molecule has 7 rings (SSSR count). The molecule has 6 aromatic rings. The van der Waals surface area contributed by atoms with Crippen LogP contribution in [0.25, 0.3) is 20.9 Å². The van der Waals surface area contributed by atoms with Crippen LogP contribution >= 0.6 is 22.7 Å². The van der Waals surface area contributed by atoms with Gasteiger partial charge in [-0.15, -0.1) is 31.3 Å². The Hall–Kier alpha value is -4.33. The van der Waals surface area contributed by atoms with Gasteiger partial charge in [0.1, 0.15) is 23.7 Å². The average molecular weight is 711 g/mol. The lowest BCUT2D eigenvalue weighted by molar-refractivity contribution is -0.127. The highest BCUT2D eigenvalue weighted by Gasteiger charge is 2.53. The number of nitrogens with zero attached hydrogens (tertiary/aromatic N) is 2. The number of rotatable bonds is 10. The van der Waals surface area contributed by atoms with Crippen LogP contribution in [0.2, 0.25) is 0 Å². The van der Waals surface area contributed by atoms with Crippen molar-refractivity contribution in [2.75, 3.05) is 0 Å². The average Bonchev–Trinajstić information content (AvgIpc) is 3.87. The number of thiophene rings is 2. The molecule has 2 aromatic heterocycles. The van der Waals surface area contributed by atoms with Crippen LogP contribution in [0.3, 0.4) is 0 Å². The van der Waals surface area contributed by atoms with Crippen LogP contribution in [0.5, 0.6) is 11.5 Å². The van der Waals surface area contributed by atoms with Crippen molar-refractivity contribution < 1.29 is 28.1 Å². The molecule has 1 fully saturated rings. The fourth-order valence-electron chi connectivity index (χ4n) is 5.75. The maximum absolute atomic E-state index is 15.0. The van der Waals surface area contributed by atoms with Gasteiger partial charge in [-0.25, -0.2) is 0 Å². The van der Waals surface area contributed by atoms with Gasteiger partial charge >= 0.3 is 0 Å². The molecule has 49 heavy (non-hydrogen) atoms.